The van der Waals surface area contributed by atoms with Gasteiger partial charge in [0.2, 0.25) is 5.91 Å². The lowest BCUT2D eigenvalue weighted by atomic mass is 9.84. The fourth-order valence-electron chi connectivity index (χ4n) is 5.56. The van der Waals surface area contributed by atoms with Crippen LogP contribution in [-0.2, 0) is 29.6 Å². The Morgan fingerprint density at radius 1 is 1.05 bits per heavy atom. The maximum Gasteiger partial charge on any atom is 0.304 e. The molecular formula is C30H31ClN4O3. The number of aromatic nitrogens is 3. The average Bonchev–Trinajstić information content (AvgIpc) is 3.15. The highest BCUT2D eigenvalue weighted by Crippen LogP contribution is 2.35. The van der Waals surface area contributed by atoms with Crippen molar-refractivity contribution in [3.8, 4) is 0 Å². The molecule has 4 aromatic rings. The van der Waals surface area contributed by atoms with E-state index in [4.69, 9.17) is 11.6 Å². The number of aliphatic carboxylic acids is 1. The Bertz CT molecular complexity index is 1510. The van der Waals surface area contributed by atoms with Crippen LogP contribution in [-0.4, -0.2) is 43.4 Å². The van der Waals surface area contributed by atoms with Gasteiger partial charge >= 0.3 is 5.97 Å². The van der Waals surface area contributed by atoms with Crippen LogP contribution >= 0.6 is 11.6 Å². The summed E-state index contributed by atoms with van der Waals surface area (Å²) < 4.78 is 1.72. The SMILES string of the molecule is Cc1c(C(CC(=O)O)c2ccc3c(c2)CN(C(=O)C(C)c2ccc(Cl)cc2)CCC3)ccc2c1nnn2C. The minimum absolute atomic E-state index is 0.0400. The summed E-state index contributed by atoms with van der Waals surface area (Å²) in [5, 5.41) is 18.9. The van der Waals surface area contributed by atoms with Gasteiger partial charge in [-0.2, -0.15) is 0 Å². The number of carboxylic acid groups (broad SMARTS) is 1. The maximum atomic E-state index is 13.5. The summed E-state index contributed by atoms with van der Waals surface area (Å²) in [6.07, 6.45) is 1.72. The minimum atomic E-state index is -0.864. The second-order valence-corrected chi connectivity index (χ2v) is 10.6. The van der Waals surface area contributed by atoms with Crippen molar-refractivity contribution in [2.24, 2.45) is 7.05 Å². The Labute approximate surface area is 227 Å². The number of carbonyl (C=O) groups is 2. The third kappa shape index (κ3) is 5.03. The van der Waals surface area contributed by atoms with Crippen molar-refractivity contribution in [1.82, 2.24) is 19.9 Å². The zero-order valence-corrected chi connectivity index (χ0v) is 22.6. The molecule has 0 spiro atoms. The minimum Gasteiger partial charge on any atom is -0.481 e. The molecule has 1 aromatic heterocycles. The van der Waals surface area contributed by atoms with Crippen molar-refractivity contribution in [3.05, 3.63) is 93.0 Å². The van der Waals surface area contributed by atoms with Crippen LogP contribution in [0.5, 0.6) is 0 Å². The van der Waals surface area contributed by atoms with Crippen LogP contribution in [0, 0.1) is 6.92 Å². The molecule has 8 heteroatoms. The Kier molecular flexibility index (Phi) is 7.21. The van der Waals surface area contributed by atoms with E-state index >= 15 is 0 Å². The number of benzene rings is 3. The molecule has 0 fully saturated rings. The van der Waals surface area contributed by atoms with Gasteiger partial charge in [-0.15, -0.1) is 5.10 Å². The van der Waals surface area contributed by atoms with Crippen molar-refractivity contribution >= 4 is 34.5 Å². The van der Waals surface area contributed by atoms with Gasteiger partial charge < -0.3 is 10.0 Å². The first-order valence-corrected chi connectivity index (χ1v) is 13.3. The number of amides is 1. The van der Waals surface area contributed by atoms with E-state index in [9.17, 15) is 14.7 Å². The summed E-state index contributed by atoms with van der Waals surface area (Å²) in [5.74, 6) is -1.41. The second kappa shape index (κ2) is 10.6. The first kappa shape index (κ1) is 25.9. The number of carboxylic acids is 1. The van der Waals surface area contributed by atoms with E-state index in [1.54, 1.807) is 4.68 Å². The molecule has 2 heterocycles. The van der Waals surface area contributed by atoms with E-state index < -0.39 is 5.97 Å². The van der Waals surface area contributed by atoms with Gasteiger partial charge in [0.15, 0.2) is 0 Å². The molecule has 0 saturated heterocycles. The third-order valence-corrected chi connectivity index (χ3v) is 8.01. The van der Waals surface area contributed by atoms with Crippen LogP contribution < -0.4 is 0 Å². The molecule has 0 saturated carbocycles. The number of halogens is 1. The number of nitrogens with zero attached hydrogens (tertiary/aromatic N) is 4. The Morgan fingerprint density at radius 3 is 2.53 bits per heavy atom. The van der Waals surface area contributed by atoms with E-state index in [-0.39, 0.29) is 24.2 Å². The molecule has 0 bridgehead atoms. The van der Waals surface area contributed by atoms with Gasteiger partial charge in [-0.05, 0) is 78.3 Å². The number of fused-ring (bicyclic) bond motifs is 2. The van der Waals surface area contributed by atoms with E-state index in [0.717, 1.165) is 51.7 Å². The van der Waals surface area contributed by atoms with E-state index in [0.29, 0.717) is 18.1 Å². The van der Waals surface area contributed by atoms with Gasteiger partial charge in [-0.1, -0.05) is 53.2 Å². The maximum absolute atomic E-state index is 13.5. The fraction of sp³-hybridized carbons (Fsp3) is 0.333. The number of rotatable bonds is 6. The lowest BCUT2D eigenvalue weighted by molar-refractivity contribution is -0.137. The summed E-state index contributed by atoms with van der Waals surface area (Å²) in [6, 6.07) is 17.6. The standard InChI is InChI=1S/C30H31ClN4O3/c1-18(20-8-10-24(31)11-9-20)30(38)35-14-4-5-21-6-7-22(15-23(21)17-35)26(16-28(36)37)25-12-13-27-29(19(25)2)32-33-34(27)3/h6-13,15,18,26H,4-5,14,16-17H2,1-3H3,(H,36,37). The first-order valence-electron chi connectivity index (χ1n) is 12.9. The van der Waals surface area contributed by atoms with Crippen molar-refractivity contribution in [1.29, 1.82) is 0 Å². The zero-order valence-electron chi connectivity index (χ0n) is 21.8. The highest BCUT2D eigenvalue weighted by Gasteiger charge is 2.27. The Hall–Kier alpha value is -3.71. The van der Waals surface area contributed by atoms with E-state index in [2.05, 4.69) is 22.4 Å². The van der Waals surface area contributed by atoms with Gasteiger partial charge in [0.1, 0.15) is 5.52 Å². The number of aryl methyl sites for hydroxylation is 3. The van der Waals surface area contributed by atoms with Crippen molar-refractivity contribution in [3.63, 3.8) is 0 Å². The van der Waals surface area contributed by atoms with Crippen LogP contribution in [0.4, 0.5) is 0 Å². The molecular weight excluding hydrogens is 500 g/mol. The highest BCUT2D eigenvalue weighted by atomic mass is 35.5. The lowest BCUT2D eigenvalue weighted by Crippen LogP contribution is -2.34. The van der Waals surface area contributed by atoms with Crippen molar-refractivity contribution in [2.75, 3.05) is 6.54 Å². The Balaban J connectivity index is 1.48. The average molecular weight is 531 g/mol. The van der Waals surface area contributed by atoms with E-state index in [1.165, 1.54) is 5.56 Å². The van der Waals surface area contributed by atoms with Crippen LogP contribution in [0.25, 0.3) is 11.0 Å². The highest BCUT2D eigenvalue weighted by molar-refractivity contribution is 6.30. The second-order valence-electron chi connectivity index (χ2n) is 10.2. The predicted molar refractivity (Wildman–Crippen MR) is 147 cm³/mol. The third-order valence-electron chi connectivity index (χ3n) is 7.75. The van der Waals surface area contributed by atoms with Crippen LogP contribution in [0.1, 0.15) is 65.0 Å². The largest absolute Gasteiger partial charge is 0.481 e. The molecule has 7 nitrogen and oxygen atoms in total. The molecule has 1 N–H and O–H groups in total. The molecule has 2 atom stereocenters. The summed E-state index contributed by atoms with van der Waals surface area (Å²) in [7, 11) is 1.84. The predicted octanol–water partition coefficient (Wildman–Crippen LogP) is 5.62. The fourth-order valence-corrected chi connectivity index (χ4v) is 5.69. The Morgan fingerprint density at radius 2 is 1.79 bits per heavy atom. The van der Waals surface area contributed by atoms with Crippen molar-refractivity contribution in [2.45, 2.75) is 51.5 Å². The molecule has 0 radical (unpaired) electrons. The lowest BCUT2D eigenvalue weighted by Gasteiger charge is -2.25. The van der Waals surface area contributed by atoms with E-state index in [1.807, 2.05) is 68.3 Å². The molecule has 1 aliphatic rings. The molecule has 3 aromatic carbocycles. The number of hydrogen-bond donors (Lipinski definition) is 1. The van der Waals surface area contributed by atoms with Crippen LogP contribution in [0.15, 0.2) is 54.6 Å². The first-order chi connectivity index (χ1) is 18.2. The number of carbonyl (C=O) groups excluding carboxylic acids is 1. The zero-order chi connectivity index (χ0) is 27.0. The molecule has 1 aliphatic heterocycles. The molecule has 1 amide bonds. The normalized spacial score (nSPS) is 15.1. The summed E-state index contributed by atoms with van der Waals surface area (Å²) in [4.78, 5) is 27.4. The van der Waals surface area contributed by atoms with Gasteiger partial charge in [0, 0.05) is 31.1 Å². The topological polar surface area (TPSA) is 88.3 Å². The van der Waals surface area contributed by atoms with Gasteiger partial charge in [0.05, 0.1) is 17.9 Å². The monoisotopic (exact) mass is 530 g/mol. The summed E-state index contributed by atoms with van der Waals surface area (Å²) in [6.45, 7) is 5.09. The summed E-state index contributed by atoms with van der Waals surface area (Å²) >= 11 is 6.04. The molecule has 5 rings (SSSR count). The van der Waals surface area contributed by atoms with Gasteiger partial charge in [0.25, 0.3) is 0 Å². The molecule has 2 unspecified atom stereocenters. The van der Waals surface area contributed by atoms with Gasteiger partial charge in [-0.3, -0.25) is 9.59 Å². The number of hydrogen-bond acceptors (Lipinski definition) is 4. The van der Waals surface area contributed by atoms with Crippen LogP contribution in [0.3, 0.4) is 0 Å². The molecule has 0 aliphatic carbocycles. The van der Waals surface area contributed by atoms with Gasteiger partial charge in [-0.25, -0.2) is 4.68 Å². The van der Waals surface area contributed by atoms with Crippen LogP contribution in [0.2, 0.25) is 5.02 Å². The molecule has 38 heavy (non-hydrogen) atoms. The van der Waals surface area contributed by atoms with Crippen molar-refractivity contribution < 1.29 is 14.7 Å². The summed E-state index contributed by atoms with van der Waals surface area (Å²) in [5.41, 5.74) is 7.70. The molecule has 196 valence electrons. The smallest absolute Gasteiger partial charge is 0.304 e. The quantitative estimate of drug-likeness (QED) is 0.350.